The van der Waals surface area contributed by atoms with Crippen molar-refractivity contribution in [1.82, 2.24) is 19.9 Å². The van der Waals surface area contributed by atoms with Crippen molar-refractivity contribution in [3.63, 3.8) is 0 Å². The van der Waals surface area contributed by atoms with Crippen molar-refractivity contribution in [3.05, 3.63) is 157 Å². The van der Waals surface area contributed by atoms with Gasteiger partial charge in [0, 0.05) is 50.1 Å². The fourth-order valence-electron chi connectivity index (χ4n) is 4.85. The maximum atomic E-state index is 4.62. The van der Waals surface area contributed by atoms with Gasteiger partial charge in [-0.05, 0) is 102 Å². The zero-order valence-electron chi connectivity index (χ0n) is 24.7. The smallest absolute Gasteiger partial charge is 0.0630 e. The molecule has 46 heavy (non-hydrogen) atoms. The minimum absolute atomic E-state index is 0.650. The predicted molar refractivity (Wildman–Crippen MR) is 200 cm³/mol. The van der Waals surface area contributed by atoms with Crippen molar-refractivity contribution >= 4 is 83.5 Å². The van der Waals surface area contributed by atoms with Gasteiger partial charge in [-0.1, -0.05) is 54.6 Å². The summed E-state index contributed by atoms with van der Waals surface area (Å²) in [7, 11) is 0. The normalized spacial score (nSPS) is 12.0. The molecule has 0 aliphatic rings. The first kappa shape index (κ1) is 31.9. The molecule has 6 rings (SSSR count). The molecule has 3 N–H and O–H groups in total. The molecule has 0 radical (unpaired) electrons. The Morgan fingerprint density at radius 3 is 1.02 bits per heavy atom. The lowest BCUT2D eigenvalue weighted by Gasteiger charge is -2.22. The molecule has 7 nitrogen and oxygen atoms in total. The lowest BCUT2D eigenvalue weighted by molar-refractivity contribution is 0.238. The first-order valence-corrected chi connectivity index (χ1v) is 17.0. The number of nitrogens with zero attached hydrogens (tertiary/aromatic N) is 4. The van der Waals surface area contributed by atoms with Crippen LogP contribution in [0.15, 0.2) is 138 Å². The number of rotatable bonds is 12. The SMILES string of the molecule is Brc1cc(C=Nc2ccccc2)[nH]c1CN(Cc1[nH]c(C=Nc2ccccc2)cc1Br)Cc1[nH]c(C=Nc2ccccc2)cc1Br. The number of hydrogen-bond acceptors (Lipinski definition) is 4. The fourth-order valence-corrected chi connectivity index (χ4v) is 6.26. The molecule has 0 fully saturated rings. The van der Waals surface area contributed by atoms with Crippen LogP contribution < -0.4 is 0 Å². The van der Waals surface area contributed by atoms with Crippen LogP contribution in [-0.2, 0) is 19.6 Å². The Kier molecular flexibility index (Phi) is 10.7. The van der Waals surface area contributed by atoms with Gasteiger partial charge in [-0.3, -0.25) is 19.9 Å². The summed E-state index contributed by atoms with van der Waals surface area (Å²) in [6.07, 6.45) is 5.56. The van der Waals surface area contributed by atoms with Crippen molar-refractivity contribution in [2.75, 3.05) is 0 Å². The summed E-state index contributed by atoms with van der Waals surface area (Å²) in [6.45, 7) is 1.95. The topological polar surface area (TPSA) is 87.7 Å². The van der Waals surface area contributed by atoms with Crippen molar-refractivity contribution < 1.29 is 0 Å². The Morgan fingerprint density at radius 1 is 0.457 bits per heavy atom. The second kappa shape index (κ2) is 15.5. The highest BCUT2D eigenvalue weighted by atomic mass is 79.9. The van der Waals surface area contributed by atoms with Crippen LogP contribution in [0.5, 0.6) is 0 Å². The molecule has 0 amide bonds. The van der Waals surface area contributed by atoms with Crippen LogP contribution >= 0.6 is 47.8 Å². The Hall–Kier alpha value is -4.09. The van der Waals surface area contributed by atoms with Crippen molar-refractivity contribution in [2.24, 2.45) is 15.0 Å². The summed E-state index contributed by atoms with van der Waals surface area (Å²) < 4.78 is 2.98. The number of halogens is 3. The third-order valence-corrected chi connectivity index (χ3v) is 9.19. The number of H-pyrrole nitrogens is 3. The molecule has 0 aliphatic carbocycles. The van der Waals surface area contributed by atoms with Gasteiger partial charge in [0.2, 0.25) is 0 Å². The van der Waals surface area contributed by atoms with Crippen LogP contribution in [0.3, 0.4) is 0 Å². The molecule has 3 aromatic carbocycles. The number of para-hydroxylation sites is 3. The van der Waals surface area contributed by atoms with E-state index in [0.717, 1.165) is 64.6 Å². The van der Waals surface area contributed by atoms with Gasteiger partial charge < -0.3 is 15.0 Å². The molecular formula is C36H30Br3N7. The van der Waals surface area contributed by atoms with E-state index in [9.17, 15) is 0 Å². The second-order valence-electron chi connectivity index (χ2n) is 10.6. The van der Waals surface area contributed by atoms with E-state index in [4.69, 9.17) is 0 Å². The summed E-state index contributed by atoms with van der Waals surface area (Å²) >= 11 is 11.3. The molecule has 0 aliphatic heterocycles. The van der Waals surface area contributed by atoms with E-state index >= 15 is 0 Å². The maximum absolute atomic E-state index is 4.62. The first-order valence-electron chi connectivity index (χ1n) is 14.6. The maximum Gasteiger partial charge on any atom is 0.0630 e. The zero-order chi connectivity index (χ0) is 31.7. The van der Waals surface area contributed by atoms with Crippen molar-refractivity contribution in [1.29, 1.82) is 0 Å². The number of benzene rings is 3. The lowest BCUT2D eigenvalue weighted by atomic mass is 10.3. The summed E-state index contributed by atoms with van der Waals surface area (Å²) in [6, 6.07) is 35.9. The number of aliphatic imine (C=N–C) groups is 3. The van der Waals surface area contributed by atoms with E-state index in [-0.39, 0.29) is 0 Å². The molecule has 0 saturated heterocycles. The van der Waals surface area contributed by atoms with Gasteiger partial charge in [0.15, 0.2) is 0 Å². The Labute approximate surface area is 293 Å². The summed E-state index contributed by atoms with van der Waals surface area (Å²) in [5.74, 6) is 0. The molecule has 3 heterocycles. The van der Waals surface area contributed by atoms with Gasteiger partial charge in [-0.2, -0.15) is 0 Å². The summed E-state index contributed by atoms with van der Waals surface area (Å²) in [5.41, 5.74) is 8.64. The summed E-state index contributed by atoms with van der Waals surface area (Å²) in [5, 5.41) is 0. The minimum Gasteiger partial charge on any atom is -0.356 e. The number of aromatic amines is 3. The highest BCUT2D eigenvalue weighted by Gasteiger charge is 2.18. The quantitative estimate of drug-likeness (QED) is 0.106. The molecule has 0 atom stereocenters. The monoisotopic (exact) mass is 797 g/mol. The van der Waals surface area contributed by atoms with E-state index in [1.165, 1.54) is 0 Å². The highest BCUT2D eigenvalue weighted by molar-refractivity contribution is 9.11. The minimum atomic E-state index is 0.650. The standard InChI is InChI=1S/C36H30Br3N7/c37-31-16-28(19-40-25-10-4-1-5-11-25)43-34(31)22-46(23-35-32(38)17-29(44-35)20-41-26-12-6-2-7-13-26)24-36-33(39)18-30(45-36)21-42-27-14-8-3-9-15-27/h1-21,43-45H,22-24H2. The first-order chi connectivity index (χ1) is 22.5. The van der Waals surface area contributed by atoms with E-state index in [2.05, 4.69) is 101 Å². The van der Waals surface area contributed by atoms with Crippen LogP contribution in [0.4, 0.5) is 17.1 Å². The van der Waals surface area contributed by atoms with Gasteiger partial charge in [0.1, 0.15) is 0 Å². The van der Waals surface area contributed by atoms with Crippen LogP contribution in [0.2, 0.25) is 0 Å². The molecule has 0 bridgehead atoms. The molecular weight excluding hydrogens is 770 g/mol. The van der Waals surface area contributed by atoms with Gasteiger partial charge in [0.25, 0.3) is 0 Å². The van der Waals surface area contributed by atoms with E-state index < -0.39 is 0 Å². The third kappa shape index (κ3) is 8.79. The van der Waals surface area contributed by atoms with Crippen LogP contribution in [0.25, 0.3) is 0 Å². The average molecular weight is 800 g/mol. The van der Waals surface area contributed by atoms with Crippen LogP contribution in [-0.4, -0.2) is 38.5 Å². The van der Waals surface area contributed by atoms with Gasteiger partial charge >= 0.3 is 0 Å². The molecule has 6 aromatic rings. The average Bonchev–Trinajstić information content (AvgIpc) is 3.74. The molecule has 0 saturated carbocycles. The zero-order valence-corrected chi connectivity index (χ0v) is 29.4. The molecule has 3 aromatic heterocycles. The third-order valence-electron chi connectivity index (χ3n) is 7.07. The number of aromatic nitrogens is 3. The molecule has 0 spiro atoms. The fraction of sp³-hybridized carbons (Fsp3) is 0.0833. The Bertz CT molecular complexity index is 1730. The Balaban J connectivity index is 1.24. The predicted octanol–water partition coefficient (Wildman–Crippen LogP) is 10.4. The highest BCUT2D eigenvalue weighted by Crippen LogP contribution is 2.27. The van der Waals surface area contributed by atoms with Gasteiger partial charge in [0.05, 0.1) is 52.8 Å². The van der Waals surface area contributed by atoms with Crippen LogP contribution in [0.1, 0.15) is 34.2 Å². The lowest BCUT2D eigenvalue weighted by Crippen LogP contribution is -2.23. The molecule has 0 unspecified atom stereocenters. The molecule has 230 valence electrons. The van der Waals surface area contributed by atoms with Crippen molar-refractivity contribution in [2.45, 2.75) is 19.6 Å². The Morgan fingerprint density at radius 2 is 0.739 bits per heavy atom. The largest absolute Gasteiger partial charge is 0.356 e. The number of hydrogen-bond donors (Lipinski definition) is 3. The van der Waals surface area contributed by atoms with Crippen molar-refractivity contribution in [3.8, 4) is 0 Å². The van der Waals surface area contributed by atoms with E-state index in [1.807, 2.05) is 110 Å². The summed E-state index contributed by atoms with van der Waals surface area (Å²) in [4.78, 5) is 26.8. The number of nitrogens with one attached hydrogen (secondary N) is 3. The molecule has 10 heteroatoms. The van der Waals surface area contributed by atoms with Crippen LogP contribution in [0, 0.1) is 0 Å². The van der Waals surface area contributed by atoms with Gasteiger partial charge in [-0.15, -0.1) is 0 Å². The van der Waals surface area contributed by atoms with Gasteiger partial charge in [-0.25, -0.2) is 0 Å². The van der Waals surface area contributed by atoms with E-state index in [1.54, 1.807) is 0 Å². The second-order valence-corrected chi connectivity index (χ2v) is 13.1. The van der Waals surface area contributed by atoms with E-state index in [0.29, 0.717) is 19.6 Å².